The average Bonchev–Trinajstić information content (AvgIpc) is 2.94. The molecule has 1 aromatic carbocycles. The first-order valence-corrected chi connectivity index (χ1v) is 6.90. The number of likely N-dealkylation sites (tertiary alicyclic amines) is 1. The minimum Gasteiger partial charge on any atom is -0.343 e. The molecule has 1 aliphatic heterocycles. The molecule has 0 N–H and O–H groups in total. The van der Waals surface area contributed by atoms with E-state index in [4.69, 9.17) is 0 Å². The molecule has 0 unspecified atom stereocenters. The Kier molecular flexibility index (Phi) is 4.71. The molecule has 0 aliphatic carbocycles. The summed E-state index contributed by atoms with van der Waals surface area (Å²) >= 11 is 0. The van der Waals surface area contributed by atoms with Crippen molar-refractivity contribution in [1.82, 2.24) is 4.90 Å². The maximum atomic E-state index is 13.7. The largest absolute Gasteiger partial charge is 0.343 e. The Morgan fingerprint density at radius 2 is 1.90 bits per heavy atom. The van der Waals surface area contributed by atoms with E-state index in [-0.39, 0.29) is 30.5 Å². The molecular formula is C15H19FN2O2. The van der Waals surface area contributed by atoms with Crippen LogP contribution in [0.2, 0.25) is 0 Å². The maximum absolute atomic E-state index is 13.7. The van der Waals surface area contributed by atoms with E-state index in [1.807, 2.05) is 0 Å². The smallest absolute Gasteiger partial charge is 0.224 e. The molecule has 0 bridgehead atoms. The number of hydrogen-bond acceptors (Lipinski definition) is 2. The lowest BCUT2D eigenvalue weighted by molar-refractivity contribution is -0.129. The normalized spacial score (nSPS) is 14.4. The van der Waals surface area contributed by atoms with Gasteiger partial charge in [0.1, 0.15) is 5.82 Å². The summed E-state index contributed by atoms with van der Waals surface area (Å²) in [6.07, 6.45) is 2.30. The van der Waals surface area contributed by atoms with Crippen molar-refractivity contribution in [3.8, 4) is 0 Å². The number of anilines is 1. The zero-order chi connectivity index (χ0) is 14.5. The van der Waals surface area contributed by atoms with E-state index < -0.39 is 5.82 Å². The number of para-hydroxylation sites is 1. The third kappa shape index (κ3) is 3.35. The first-order valence-electron chi connectivity index (χ1n) is 6.90. The first kappa shape index (κ1) is 14.5. The van der Waals surface area contributed by atoms with Crippen LogP contribution in [-0.4, -0.2) is 36.3 Å². The van der Waals surface area contributed by atoms with Crippen LogP contribution in [0.3, 0.4) is 0 Å². The topological polar surface area (TPSA) is 40.6 Å². The number of carbonyl (C=O) groups excluding carboxylic acids is 2. The lowest BCUT2D eigenvalue weighted by Crippen LogP contribution is -2.35. The molecule has 5 heteroatoms. The minimum atomic E-state index is -0.448. The van der Waals surface area contributed by atoms with Gasteiger partial charge in [-0.25, -0.2) is 4.39 Å². The van der Waals surface area contributed by atoms with Crippen LogP contribution in [0.5, 0.6) is 0 Å². The van der Waals surface area contributed by atoms with Gasteiger partial charge in [0.15, 0.2) is 0 Å². The van der Waals surface area contributed by atoms with Crippen LogP contribution < -0.4 is 4.90 Å². The molecule has 0 saturated carbocycles. The van der Waals surface area contributed by atoms with Crippen molar-refractivity contribution in [3.05, 3.63) is 30.1 Å². The molecule has 20 heavy (non-hydrogen) atoms. The number of nitrogens with zero attached hydrogens (tertiary/aromatic N) is 2. The molecule has 0 aromatic heterocycles. The molecule has 1 saturated heterocycles. The molecule has 0 atom stereocenters. The zero-order valence-electron chi connectivity index (χ0n) is 11.6. The Morgan fingerprint density at radius 1 is 1.25 bits per heavy atom. The lowest BCUT2D eigenvalue weighted by Gasteiger charge is -2.23. The first-order chi connectivity index (χ1) is 9.59. The highest BCUT2D eigenvalue weighted by Crippen LogP contribution is 2.19. The van der Waals surface area contributed by atoms with Crippen molar-refractivity contribution >= 4 is 17.5 Å². The van der Waals surface area contributed by atoms with Gasteiger partial charge in [-0.15, -0.1) is 0 Å². The van der Waals surface area contributed by atoms with Gasteiger partial charge in [0, 0.05) is 33.0 Å². The van der Waals surface area contributed by atoms with Crippen LogP contribution in [0.25, 0.3) is 0 Å². The van der Waals surface area contributed by atoms with E-state index in [1.54, 1.807) is 23.1 Å². The van der Waals surface area contributed by atoms with E-state index in [0.29, 0.717) is 0 Å². The average molecular weight is 278 g/mol. The van der Waals surface area contributed by atoms with Gasteiger partial charge >= 0.3 is 0 Å². The Morgan fingerprint density at radius 3 is 2.50 bits per heavy atom. The Balaban J connectivity index is 2.01. The Labute approximate surface area is 118 Å². The van der Waals surface area contributed by atoms with Gasteiger partial charge in [-0.2, -0.15) is 0 Å². The monoisotopic (exact) mass is 278 g/mol. The van der Waals surface area contributed by atoms with Gasteiger partial charge in [-0.05, 0) is 25.0 Å². The molecule has 108 valence electrons. The van der Waals surface area contributed by atoms with Crippen molar-refractivity contribution in [2.45, 2.75) is 26.2 Å². The summed E-state index contributed by atoms with van der Waals surface area (Å²) in [7, 11) is 0. The summed E-state index contributed by atoms with van der Waals surface area (Å²) in [6, 6.07) is 6.12. The molecule has 0 spiro atoms. The number of halogens is 1. The molecular weight excluding hydrogens is 259 g/mol. The second kappa shape index (κ2) is 6.50. The number of carbonyl (C=O) groups is 2. The molecule has 1 aromatic rings. The summed E-state index contributed by atoms with van der Waals surface area (Å²) < 4.78 is 13.7. The number of hydrogen-bond donors (Lipinski definition) is 0. The van der Waals surface area contributed by atoms with E-state index in [2.05, 4.69) is 0 Å². The van der Waals surface area contributed by atoms with E-state index in [0.717, 1.165) is 25.9 Å². The second-order valence-corrected chi connectivity index (χ2v) is 4.96. The maximum Gasteiger partial charge on any atom is 0.224 e. The summed E-state index contributed by atoms with van der Waals surface area (Å²) in [4.78, 5) is 26.8. The predicted molar refractivity (Wildman–Crippen MR) is 74.9 cm³/mol. The fraction of sp³-hybridized carbons (Fsp3) is 0.467. The lowest BCUT2D eigenvalue weighted by atomic mass is 10.2. The van der Waals surface area contributed by atoms with Gasteiger partial charge in [-0.3, -0.25) is 9.59 Å². The van der Waals surface area contributed by atoms with Gasteiger partial charge in [0.25, 0.3) is 0 Å². The third-order valence-electron chi connectivity index (χ3n) is 3.53. The standard InChI is InChI=1S/C15H19FN2O2/c1-12(19)18(14-7-3-2-6-13(14)16)11-8-15(20)17-9-4-5-10-17/h2-3,6-7H,4-5,8-11H2,1H3. The van der Waals surface area contributed by atoms with E-state index in [1.165, 1.54) is 17.9 Å². The second-order valence-electron chi connectivity index (χ2n) is 4.96. The molecule has 2 rings (SSSR count). The highest BCUT2D eigenvalue weighted by Gasteiger charge is 2.21. The van der Waals surface area contributed by atoms with Crippen LogP contribution in [0, 0.1) is 5.82 Å². The van der Waals surface area contributed by atoms with Gasteiger partial charge in [0.2, 0.25) is 11.8 Å². The van der Waals surface area contributed by atoms with Crippen LogP contribution in [0.1, 0.15) is 26.2 Å². The van der Waals surface area contributed by atoms with Crippen molar-refractivity contribution in [2.24, 2.45) is 0 Å². The van der Waals surface area contributed by atoms with Crippen LogP contribution >= 0.6 is 0 Å². The number of benzene rings is 1. The van der Waals surface area contributed by atoms with Crippen LogP contribution in [0.15, 0.2) is 24.3 Å². The number of rotatable bonds is 4. The molecule has 2 amide bonds. The molecule has 1 aliphatic rings. The van der Waals surface area contributed by atoms with E-state index in [9.17, 15) is 14.0 Å². The van der Waals surface area contributed by atoms with Crippen molar-refractivity contribution in [1.29, 1.82) is 0 Å². The van der Waals surface area contributed by atoms with Gasteiger partial charge < -0.3 is 9.80 Å². The summed E-state index contributed by atoms with van der Waals surface area (Å²) in [6.45, 7) is 3.18. The summed E-state index contributed by atoms with van der Waals surface area (Å²) in [5.74, 6) is -0.675. The fourth-order valence-electron chi connectivity index (χ4n) is 2.45. The fourth-order valence-corrected chi connectivity index (χ4v) is 2.45. The van der Waals surface area contributed by atoms with Gasteiger partial charge in [-0.1, -0.05) is 12.1 Å². The Bertz CT molecular complexity index is 498. The van der Waals surface area contributed by atoms with Gasteiger partial charge in [0.05, 0.1) is 5.69 Å². The van der Waals surface area contributed by atoms with Crippen LogP contribution in [-0.2, 0) is 9.59 Å². The quantitative estimate of drug-likeness (QED) is 0.847. The molecule has 4 nitrogen and oxygen atoms in total. The van der Waals surface area contributed by atoms with Crippen molar-refractivity contribution in [3.63, 3.8) is 0 Å². The molecule has 0 radical (unpaired) electrons. The molecule has 1 fully saturated rings. The third-order valence-corrected chi connectivity index (χ3v) is 3.53. The van der Waals surface area contributed by atoms with E-state index >= 15 is 0 Å². The summed E-state index contributed by atoms with van der Waals surface area (Å²) in [5.41, 5.74) is 0.231. The Hall–Kier alpha value is -1.91. The number of amides is 2. The van der Waals surface area contributed by atoms with Crippen molar-refractivity contribution < 1.29 is 14.0 Å². The highest BCUT2D eigenvalue weighted by molar-refractivity contribution is 5.92. The zero-order valence-corrected chi connectivity index (χ0v) is 11.6. The SMILES string of the molecule is CC(=O)N(CCC(=O)N1CCCC1)c1ccccc1F. The minimum absolute atomic E-state index is 0.0325. The molecule has 1 heterocycles. The highest BCUT2D eigenvalue weighted by atomic mass is 19.1. The predicted octanol–water partition coefficient (Wildman–Crippen LogP) is 2.19. The summed E-state index contributed by atoms with van der Waals surface area (Å²) in [5, 5.41) is 0. The van der Waals surface area contributed by atoms with Crippen molar-refractivity contribution in [2.75, 3.05) is 24.5 Å². The van der Waals surface area contributed by atoms with Crippen LogP contribution in [0.4, 0.5) is 10.1 Å².